The standard InChI is InChI=1S/C6H11FN2O3/c1-3(7)4(10)9-6(2,8)5(11)12/h3H,8H2,1-2H3,(H,9,10)(H,11,12). The Labute approximate surface area is 68.7 Å². The largest absolute Gasteiger partial charge is 0.479 e. The highest BCUT2D eigenvalue weighted by atomic mass is 19.1. The SMILES string of the molecule is CC(F)C(=O)NC(C)(N)C(=O)O. The van der Waals surface area contributed by atoms with Gasteiger partial charge in [-0.3, -0.25) is 10.5 Å². The lowest BCUT2D eigenvalue weighted by Crippen LogP contribution is -2.60. The Morgan fingerprint density at radius 3 is 2.33 bits per heavy atom. The van der Waals surface area contributed by atoms with Crippen molar-refractivity contribution in [3.63, 3.8) is 0 Å². The Kier molecular flexibility index (Phi) is 3.15. The number of rotatable bonds is 3. The van der Waals surface area contributed by atoms with Crippen molar-refractivity contribution >= 4 is 11.9 Å². The third-order valence-corrected chi connectivity index (χ3v) is 1.19. The van der Waals surface area contributed by atoms with E-state index in [1.165, 1.54) is 0 Å². The van der Waals surface area contributed by atoms with Crippen LogP contribution in [0.15, 0.2) is 0 Å². The summed E-state index contributed by atoms with van der Waals surface area (Å²) in [6.07, 6.45) is -1.77. The van der Waals surface area contributed by atoms with Crippen molar-refractivity contribution in [2.75, 3.05) is 0 Å². The molecule has 1 amide bonds. The fourth-order valence-electron chi connectivity index (χ4n) is 0.409. The number of halogens is 1. The average Bonchev–Trinajstić information content (AvgIpc) is 1.85. The molecule has 0 heterocycles. The summed E-state index contributed by atoms with van der Waals surface area (Å²) in [6, 6.07) is 0. The molecule has 0 fully saturated rings. The number of alkyl halides is 1. The van der Waals surface area contributed by atoms with Crippen LogP contribution in [0.1, 0.15) is 13.8 Å². The number of amides is 1. The molecule has 0 aliphatic carbocycles. The van der Waals surface area contributed by atoms with Gasteiger partial charge in [-0.05, 0) is 13.8 Å². The van der Waals surface area contributed by atoms with E-state index in [4.69, 9.17) is 10.8 Å². The number of carbonyl (C=O) groups is 2. The van der Waals surface area contributed by atoms with Crippen LogP contribution in [0.2, 0.25) is 0 Å². The van der Waals surface area contributed by atoms with Crippen molar-refractivity contribution < 1.29 is 19.1 Å². The number of aliphatic carboxylic acids is 1. The molecule has 0 radical (unpaired) electrons. The molecular formula is C6H11FN2O3. The van der Waals surface area contributed by atoms with E-state index in [1.807, 2.05) is 5.32 Å². The normalized spacial score (nSPS) is 17.7. The Morgan fingerprint density at radius 1 is 1.67 bits per heavy atom. The first-order valence-corrected chi connectivity index (χ1v) is 3.25. The number of carboxylic acid groups (broad SMARTS) is 1. The van der Waals surface area contributed by atoms with Gasteiger partial charge in [0.25, 0.3) is 5.91 Å². The highest BCUT2D eigenvalue weighted by Crippen LogP contribution is 1.96. The second-order valence-electron chi connectivity index (χ2n) is 2.61. The predicted molar refractivity (Wildman–Crippen MR) is 38.9 cm³/mol. The van der Waals surface area contributed by atoms with E-state index in [9.17, 15) is 14.0 Å². The number of carbonyl (C=O) groups excluding carboxylic acids is 1. The summed E-state index contributed by atoms with van der Waals surface area (Å²) in [5, 5.41) is 10.2. The molecule has 0 rings (SSSR count). The quantitative estimate of drug-likeness (QED) is 0.494. The minimum atomic E-state index is -1.92. The molecule has 12 heavy (non-hydrogen) atoms. The Hall–Kier alpha value is -1.17. The molecule has 0 saturated heterocycles. The van der Waals surface area contributed by atoms with E-state index in [0.717, 1.165) is 13.8 Å². The van der Waals surface area contributed by atoms with Gasteiger partial charge in [-0.15, -0.1) is 0 Å². The van der Waals surface area contributed by atoms with Gasteiger partial charge in [-0.1, -0.05) is 0 Å². The van der Waals surface area contributed by atoms with E-state index >= 15 is 0 Å². The van der Waals surface area contributed by atoms with Crippen LogP contribution in [0.4, 0.5) is 4.39 Å². The molecule has 6 heteroatoms. The smallest absolute Gasteiger partial charge is 0.344 e. The molecule has 0 aliphatic rings. The van der Waals surface area contributed by atoms with Crippen LogP contribution < -0.4 is 11.1 Å². The highest BCUT2D eigenvalue weighted by Gasteiger charge is 2.31. The zero-order chi connectivity index (χ0) is 9.94. The van der Waals surface area contributed by atoms with Gasteiger partial charge in [0, 0.05) is 0 Å². The van der Waals surface area contributed by atoms with Crippen molar-refractivity contribution in [3.8, 4) is 0 Å². The van der Waals surface area contributed by atoms with Gasteiger partial charge < -0.3 is 10.4 Å². The number of nitrogens with one attached hydrogen (secondary N) is 1. The first-order chi connectivity index (χ1) is 5.27. The van der Waals surface area contributed by atoms with Crippen LogP contribution in [0, 0.1) is 0 Å². The zero-order valence-electron chi connectivity index (χ0n) is 6.80. The monoisotopic (exact) mass is 178 g/mol. The number of carboxylic acids is 1. The van der Waals surface area contributed by atoms with Crippen molar-refractivity contribution in [3.05, 3.63) is 0 Å². The second kappa shape index (κ2) is 3.48. The maximum absolute atomic E-state index is 12.2. The maximum Gasteiger partial charge on any atom is 0.344 e. The molecule has 0 aromatic heterocycles. The van der Waals surface area contributed by atoms with Crippen molar-refractivity contribution in [2.24, 2.45) is 5.73 Å². The topological polar surface area (TPSA) is 92.4 Å². The number of hydrogen-bond donors (Lipinski definition) is 3. The maximum atomic E-state index is 12.2. The highest BCUT2D eigenvalue weighted by molar-refractivity contribution is 5.87. The van der Waals surface area contributed by atoms with Crippen LogP contribution in [-0.2, 0) is 9.59 Å². The average molecular weight is 178 g/mol. The summed E-state index contributed by atoms with van der Waals surface area (Å²) in [6.45, 7) is 2.06. The van der Waals surface area contributed by atoms with E-state index < -0.39 is 23.7 Å². The van der Waals surface area contributed by atoms with E-state index in [1.54, 1.807) is 0 Å². The molecule has 0 aliphatic heterocycles. The Balaban J connectivity index is 4.25. The van der Waals surface area contributed by atoms with E-state index in [0.29, 0.717) is 0 Å². The molecule has 0 spiro atoms. The molecule has 70 valence electrons. The molecule has 2 unspecified atom stereocenters. The summed E-state index contributed by atoms with van der Waals surface area (Å²) in [4.78, 5) is 21.0. The minimum Gasteiger partial charge on any atom is -0.479 e. The minimum absolute atomic E-state index is 0.993. The predicted octanol–water partition coefficient (Wildman–Crippen LogP) is -0.780. The molecule has 5 nitrogen and oxygen atoms in total. The molecule has 4 N–H and O–H groups in total. The fourth-order valence-corrected chi connectivity index (χ4v) is 0.409. The molecule has 0 aromatic rings. The fraction of sp³-hybridized carbons (Fsp3) is 0.667. The van der Waals surface area contributed by atoms with E-state index in [2.05, 4.69) is 0 Å². The Morgan fingerprint density at radius 2 is 2.08 bits per heavy atom. The zero-order valence-corrected chi connectivity index (χ0v) is 6.80. The van der Waals surface area contributed by atoms with E-state index in [-0.39, 0.29) is 0 Å². The van der Waals surface area contributed by atoms with Gasteiger partial charge in [-0.2, -0.15) is 0 Å². The molecule has 0 bridgehead atoms. The van der Waals surface area contributed by atoms with Crippen LogP contribution >= 0.6 is 0 Å². The van der Waals surface area contributed by atoms with Crippen molar-refractivity contribution in [1.82, 2.24) is 5.32 Å². The van der Waals surface area contributed by atoms with Crippen LogP contribution in [0.25, 0.3) is 0 Å². The third-order valence-electron chi connectivity index (χ3n) is 1.19. The Bertz CT molecular complexity index is 203. The van der Waals surface area contributed by atoms with Crippen LogP contribution in [0.5, 0.6) is 0 Å². The summed E-state index contributed by atoms with van der Waals surface area (Å²) in [5.74, 6) is -2.46. The van der Waals surface area contributed by atoms with Gasteiger partial charge in [0.1, 0.15) is 0 Å². The lowest BCUT2D eigenvalue weighted by Gasteiger charge is -2.20. The summed E-state index contributed by atoms with van der Waals surface area (Å²) >= 11 is 0. The first-order valence-electron chi connectivity index (χ1n) is 3.25. The molecular weight excluding hydrogens is 167 g/mol. The molecule has 2 atom stereocenters. The van der Waals surface area contributed by atoms with Gasteiger partial charge >= 0.3 is 5.97 Å². The number of nitrogens with two attached hydrogens (primary N) is 1. The van der Waals surface area contributed by atoms with Crippen molar-refractivity contribution in [2.45, 2.75) is 25.7 Å². The summed E-state index contributed by atoms with van der Waals surface area (Å²) in [7, 11) is 0. The molecule has 0 saturated carbocycles. The second-order valence-corrected chi connectivity index (χ2v) is 2.61. The van der Waals surface area contributed by atoms with Gasteiger partial charge in [-0.25, -0.2) is 9.18 Å². The van der Waals surface area contributed by atoms with Crippen LogP contribution in [-0.4, -0.2) is 28.8 Å². The summed E-state index contributed by atoms with van der Waals surface area (Å²) in [5.41, 5.74) is 3.18. The summed E-state index contributed by atoms with van der Waals surface area (Å²) < 4.78 is 12.2. The van der Waals surface area contributed by atoms with Crippen LogP contribution in [0.3, 0.4) is 0 Å². The van der Waals surface area contributed by atoms with Gasteiger partial charge in [0.2, 0.25) is 0 Å². The van der Waals surface area contributed by atoms with Gasteiger partial charge in [0.15, 0.2) is 11.8 Å². The van der Waals surface area contributed by atoms with Crippen molar-refractivity contribution in [1.29, 1.82) is 0 Å². The lowest BCUT2D eigenvalue weighted by atomic mass is 10.2. The lowest BCUT2D eigenvalue weighted by molar-refractivity contribution is -0.147. The molecule has 0 aromatic carbocycles. The first kappa shape index (κ1) is 10.8. The van der Waals surface area contributed by atoms with Gasteiger partial charge in [0.05, 0.1) is 0 Å². The third kappa shape index (κ3) is 2.83. The number of hydrogen-bond acceptors (Lipinski definition) is 3.